The van der Waals surface area contributed by atoms with Crippen molar-refractivity contribution in [3.8, 4) is 17.1 Å². The van der Waals surface area contributed by atoms with Crippen LogP contribution in [0.25, 0.3) is 11.4 Å². The number of aryl methyl sites for hydroxylation is 1. The van der Waals surface area contributed by atoms with Gasteiger partial charge in [0.15, 0.2) is 11.0 Å². The van der Waals surface area contributed by atoms with Crippen LogP contribution in [0.3, 0.4) is 0 Å². The molecule has 0 spiro atoms. The second-order valence-corrected chi connectivity index (χ2v) is 7.59. The van der Waals surface area contributed by atoms with Crippen LogP contribution in [0.2, 0.25) is 5.02 Å². The number of thioether (sulfide) groups is 1. The number of carbonyl (C=O) groups excluding carboxylic acids is 1. The van der Waals surface area contributed by atoms with Gasteiger partial charge in [-0.15, -0.1) is 10.2 Å². The number of anilines is 1. The van der Waals surface area contributed by atoms with Gasteiger partial charge in [0.1, 0.15) is 11.5 Å². The van der Waals surface area contributed by atoms with Gasteiger partial charge in [-0.3, -0.25) is 4.79 Å². The van der Waals surface area contributed by atoms with E-state index in [0.717, 1.165) is 11.3 Å². The Morgan fingerprint density at radius 3 is 2.81 bits per heavy atom. The molecule has 0 aliphatic carbocycles. The Labute approximate surface area is 166 Å². The maximum absolute atomic E-state index is 12.6. The van der Waals surface area contributed by atoms with E-state index in [1.165, 1.54) is 18.9 Å². The summed E-state index contributed by atoms with van der Waals surface area (Å²) in [5, 5.41) is 12.0. The van der Waals surface area contributed by atoms with Crippen molar-refractivity contribution in [3.05, 3.63) is 41.3 Å². The number of methoxy groups -OCH3 is 1. The number of benzene rings is 1. The molecule has 3 rings (SSSR count). The van der Waals surface area contributed by atoms with Crippen LogP contribution in [0.1, 0.15) is 12.7 Å². The molecule has 3 aromatic rings. The molecule has 0 bridgehead atoms. The number of nitrogens with zero attached hydrogens (tertiary/aromatic N) is 3. The zero-order valence-corrected chi connectivity index (χ0v) is 16.9. The van der Waals surface area contributed by atoms with E-state index in [9.17, 15) is 4.79 Å². The number of rotatable bonds is 6. The topological polar surface area (TPSA) is 82.2 Å². The minimum Gasteiger partial charge on any atom is -0.495 e. The monoisotopic (exact) mass is 406 g/mol. The molecule has 0 unspecified atom stereocenters. The van der Waals surface area contributed by atoms with Gasteiger partial charge in [0.25, 0.3) is 0 Å². The molecule has 1 aromatic carbocycles. The summed E-state index contributed by atoms with van der Waals surface area (Å²) in [6.45, 7) is 3.67. The Hall–Kier alpha value is -2.45. The predicted molar refractivity (Wildman–Crippen MR) is 105 cm³/mol. The summed E-state index contributed by atoms with van der Waals surface area (Å²) in [6, 6.07) is 6.90. The maximum Gasteiger partial charge on any atom is 0.237 e. The summed E-state index contributed by atoms with van der Waals surface area (Å²) in [7, 11) is 3.39. The molecule has 2 aromatic heterocycles. The SMILES string of the molecule is COc1ccc(Cl)cc1NC(=O)[C@H](C)Sc1nnc(-c2ccoc2C)n1C. The zero-order chi connectivity index (χ0) is 19.6. The highest BCUT2D eigenvalue weighted by molar-refractivity contribution is 8.00. The van der Waals surface area contributed by atoms with E-state index in [1.54, 1.807) is 31.4 Å². The average Bonchev–Trinajstić information content (AvgIpc) is 3.21. The van der Waals surface area contributed by atoms with Crippen molar-refractivity contribution in [1.82, 2.24) is 14.8 Å². The van der Waals surface area contributed by atoms with E-state index >= 15 is 0 Å². The van der Waals surface area contributed by atoms with Crippen molar-refractivity contribution in [2.75, 3.05) is 12.4 Å². The summed E-state index contributed by atoms with van der Waals surface area (Å²) in [5.41, 5.74) is 1.40. The fraction of sp³-hybridized carbons (Fsp3) is 0.278. The fourth-order valence-electron chi connectivity index (χ4n) is 2.49. The van der Waals surface area contributed by atoms with Crippen molar-refractivity contribution < 1.29 is 13.9 Å². The van der Waals surface area contributed by atoms with E-state index < -0.39 is 5.25 Å². The lowest BCUT2D eigenvalue weighted by Crippen LogP contribution is -2.23. The van der Waals surface area contributed by atoms with Crippen molar-refractivity contribution in [3.63, 3.8) is 0 Å². The standard InChI is InChI=1S/C18H19ClN4O3S/c1-10-13(7-8-26-10)16-21-22-18(23(16)3)27-11(2)17(24)20-14-9-12(19)5-6-15(14)25-4/h5-9,11H,1-4H3,(H,20,24)/t11-/m0/s1. The smallest absolute Gasteiger partial charge is 0.237 e. The predicted octanol–water partition coefficient (Wildman–Crippen LogP) is 4.16. The van der Waals surface area contributed by atoms with Gasteiger partial charge in [-0.2, -0.15) is 0 Å². The highest BCUT2D eigenvalue weighted by Gasteiger charge is 2.21. The van der Waals surface area contributed by atoms with Crippen molar-refractivity contribution in [2.45, 2.75) is 24.3 Å². The van der Waals surface area contributed by atoms with Gasteiger partial charge >= 0.3 is 0 Å². The van der Waals surface area contributed by atoms with E-state index in [0.29, 0.717) is 27.4 Å². The molecule has 2 heterocycles. The van der Waals surface area contributed by atoms with Crippen LogP contribution in [0, 0.1) is 6.92 Å². The number of carbonyl (C=O) groups is 1. The molecule has 0 radical (unpaired) electrons. The van der Waals surface area contributed by atoms with Crippen molar-refractivity contribution in [1.29, 1.82) is 0 Å². The molecule has 1 amide bonds. The summed E-state index contributed by atoms with van der Waals surface area (Å²) in [4.78, 5) is 12.6. The summed E-state index contributed by atoms with van der Waals surface area (Å²) >= 11 is 7.32. The fourth-order valence-corrected chi connectivity index (χ4v) is 3.48. The van der Waals surface area contributed by atoms with Gasteiger partial charge in [0.2, 0.25) is 5.91 Å². The molecule has 1 N–H and O–H groups in total. The first-order chi connectivity index (χ1) is 12.9. The molecule has 0 aliphatic heterocycles. The van der Waals surface area contributed by atoms with Crippen LogP contribution in [0.15, 0.2) is 40.1 Å². The summed E-state index contributed by atoms with van der Waals surface area (Å²) < 4.78 is 12.4. The second-order valence-electron chi connectivity index (χ2n) is 5.85. The Kier molecular flexibility index (Phi) is 5.76. The number of hydrogen-bond acceptors (Lipinski definition) is 6. The van der Waals surface area contributed by atoms with Gasteiger partial charge < -0.3 is 19.0 Å². The van der Waals surface area contributed by atoms with Crippen LogP contribution in [0.4, 0.5) is 5.69 Å². The molecule has 0 fully saturated rings. The molecule has 0 aliphatic rings. The molecule has 142 valence electrons. The lowest BCUT2D eigenvalue weighted by molar-refractivity contribution is -0.115. The van der Waals surface area contributed by atoms with Gasteiger partial charge in [-0.05, 0) is 38.1 Å². The molecule has 7 nitrogen and oxygen atoms in total. The van der Waals surface area contributed by atoms with E-state index in [1.807, 2.05) is 24.6 Å². The van der Waals surface area contributed by atoms with Crippen molar-refractivity contribution >= 4 is 35.0 Å². The molecule has 0 saturated carbocycles. The number of amides is 1. The molecule has 9 heteroatoms. The maximum atomic E-state index is 12.6. The minimum atomic E-state index is -0.408. The van der Waals surface area contributed by atoms with Crippen LogP contribution in [-0.2, 0) is 11.8 Å². The molecule has 0 saturated heterocycles. The Morgan fingerprint density at radius 1 is 1.37 bits per heavy atom. The highest BCUT2D eigenvalue weighted by atomic mass is 35.5. The van der Waals surface area contributed by atoms with Crippen LogP contribution >= 0.6 is 23.4 Å². The number of nitrogens with one attached hydrogen (secondary N) is 1. The minimum absolute atomic E-state index is 0.190. The first kappa shape index (κ1) is 19.3. The first-order valence-corrected chi connectivity index (χ1v) is 9.41. The number of aromatic nitrogens is 3. The Bertz CT molecular complexity index is 969. The first-order valence-electron chi connectivity index (χ1n) is 8.15. The number of furan rings is 1. The highest BCUT2D eigenvalue weighted by Crippen LogP contribution is 2.30. The number of hydrogen-bond donors (Lipinski definition) is 1. The number of halogens is 1. The second kappa shape index (κ2) is 8.06. The summed E-state index contributed by atoms with van der Waals surface area (Å²) in [5.74, 6) is 1.81. The van der Waals surface area contributed by atoms with Crippen LogP contribution in [0.5, 0.6) is 5.75 Å². The third-order valence-electron chi connectivity index (χ3n) is 4.01. The van der Waals surface area contributed by atoms with E-state index in [2.05, 4.69) is 15.5 Å². The Morgan fingerprint density at radius 2 is 2.15 bits per heavy atom. The molecular formula is C18H19ClN4O3S. The van der Waals surface area contributed by atoms with Gasteiger partial charge in [0, 0.05) is 12.1 Å². The quantitative estimate of drug-likeness (QED) is 0.619. The van der Waals surface area contributed by atoms with Crippen molar-refractivity contribution in [2.24, 2.45) is 7.05 Å². The van der Waals surface area contributed by atoms with Gasteiger partial charge in [-0.25, -0.2) is 0 Å². The van der Waals surface area contributed by atoms with Gasteiger partial charge in [0.05, 0.1) is 29.9 Å². The lowest BCUT2D eigenvalue weighted by Gasteiger charge is -2.14. The third-order valence-corrected chi connectivity index (χ3v) is 5.37. The summed E-state index contributed by atoms with van der Waals surface area (Å²) in [6.07, 6.45) is 1.61. The number of ether oxygens (including phenoxy) is 1. The molecule has 27 heavy (non-hydrogen) atoms. The van der Waals surface area contributed by atoms with E-state index in [-0.39, 0.29) is 5.91 Å². The third kappa shape index (κ3) is 4.12. The molecule has 1 atom stereocenters. The molecular weight excluding hydrogens is 388 g/mol. The van der Waals surface area contributed by atoms with Crippen LogP contribution < -0.4 is 10.1 Å². The normalized spacial score (nSPS) is 12.0. The largest absolute Gasteiger partial charge is 0.495 e. The Balaban J connectivity index is 1.73. The zero-order valence-electron chi connectivity index (χ0n) is 15.3. The van der Waals surface area contributed by atoms with Crippen LogP contribution in [-0.4, -0.2) is 33.0 Å². The lowest BCUT2D eigenvalue weighted by atomic mass is 10.2. The van der Waals surface area contributed by atoms with E-state index in [4.69, 9.17) is 20.8 Å². The average molecular weight is 407 g/mol. The van der Waals surface area contributed by atoms with Gasteiger partial charge in [-0.1, -0.05) is 23.4 Å².